The van der Waals surface area contributed by atoms with Gasteiger partial charge in [0.2, 0.25) is 0 Å². The molecule has 3 nitrogen and oxygen atoms in total. The summed E-state index contributed by atoms with van der Waals surface area (Å²) in [7, 11) is 0. The first kappa shape index (κ1) is 13.8. The van der Waals surface area contributed by atoms with E-state index in [1.54, 1.807) is 11.3 Å². The maximum atomic E-state index is 12.5. The van der Waals surface area contributed by atoms with Crippen molar-refractivity contribution in [3.05, 3.63) is 64.1 Å². The highest BCUT2D eigenvalue weighted by atomic mass is 32.1. The molecule has 1 N–H and O–H groups in total. The zero-order valence-corrected chi connectivity index (χ0v) is 12.8. The molecule has 0 spiro atoms. The summed E-state index contributed by atoms with van der Waals surface area (Å²) in [5.74, 6) is -0.0649. The van der Waals surface area contributed by atoms with E-state index < -0.39 is 0 Å². The number of aryl methyl sites for hydroxylation is 1. The van der Waals surface area contributed by atoms with Crippen molar-refractivity contribution in [1.29, 1.82) is 0 Å². The summed E-state index contributed by atoms with van der Waals surface area (Å²) in [5, 5.41) is 8.07. The Morgan fingerprint density at radius 2 is 1.95 bits per heavy atom. The number of benzene rings is 2. The molecule has 4 heteroatoms. The first-order valence-electron chi connectivity index (χ1n) is 6.86. The number of nitrogens with one attached hydrogen (secondary N) is 1. The van der Waals surface area contributed by atoms with Crippen LogP contribution in [0.2, 0.25) is 0 Å². The summed E-state index contributed by atoms with van der Waals surface area (Å²) >= 11 is 1.60. The van der Waals surface area contributed by atoms with Gasteiger partial charge in [-0.3, -0.25) is 4.79 Å². The maximum absolute atomic E-state index is 12.5. The molecule has 0 fully saturated rings. The van der Waals surface area contributed by atoms with Gasteiger partial charge in [0.1, 0.15) is 0 Å². The zero-order valence-electron chi connectivity index (χ0n) is 12.0. The van der Waals surface area contributed by atoms with Gasteiger partial charge in [-0.1, -0.05) is 36.4 Å². The molecule has 1 heterocycles. The van der Waals surface area contributed by atoms with Gasteiger partial charge in [-0.15, -0.1) is 11.3 Å². The van der Waals surface area contributed by atoms with Crippen LogP contribution in [-0.4, -0.2) is 10.9 Å². The maximum Gasteiger partial charge on any atom is 0.252 e. The topological polar surface area (TPSA) is 42.0 Å². The van der Waals surface area contributed by atoms with E-state index in [1.807, 2.05) is 61.7 Å². The van der Waals surface area contributed by atoms with E-state index in [0.29, 0.717) is 5.56 Å². The molecule has 1 atom stereocenters. The van der Waals surface area contributed by atoms with Crippen molar-refractivity contribution in [3.63, 3.8) is 0 Å². The summed E-state index contributed by atoms with van der Waals surface area (Å²) in [6.45, 7) is 3.92. The largest absolute Gasteiger partial charge is 0.344 e. The summed E-state index contributed by atoms with van der Waals surface area (Å²) in [5.41, 5.74) is 1.61. The lowest BCUT2D eigenvalue weighted by molar-refractivity contribution is 0.0941. The molecule has 0 saturated heterocycles. The van der Waals surface area contributed by atoms with Gasteiger partial charge in [-0.2, -0.15) is 0 Å². The average Bonchev–Trinajstić information content (AvgIpc) is 2.93. The fraction of sp³-hybridized carbons (Fsp3) is 0.176. The molecule has 21 heavy (non-hydrogen) atoms. The van der Waals surface area contributed by atoms with Gasteiger partial charge < -0.3 is 5.32 Å². The third kappa shape index (κ3) is 2.81. The number of fused-ring (bicyclic) bond motifs is 1. The van der Waals surface area contributed by atoms with E-state index >= 15 is 0 Å². The lowest BCUT2D eigenvalue weighted by atomic mass is 10.0. The predicted molar refractivity (Wildman–Crippen MR) is 86.7 cm³/mol. The number of carbonyl (C=O) groups excluding carboxylic acids is 1. The van der Waals surface area contributed by atoms with Gasteiger partial charge in [-0.25, -0.2) is 4.98 Å². The summed E-state index contributed by atoms with van der Waals surface area (Å²) < 4.78 is 0. The van der Waals surface area contributed by atoms with Gasteiger partial charge in [0.25, 0.3) is 5.91 Å². The van der Waals surface area contributed by atoms with Crippen molar-refractivity contribution in [2.45, 2.75) is 19.9 Å². The smallest absolute Gasteiger partial charge is 0.252 e. The SMILES string of the molecule is Cc1nc(C(C)NC(=O)c2cccc3ccccc23)cs1. The number of carbonyl (C=O) groups is 1. The molecule has 3 aromatic rings. The van der Waals surface area contributed by atoms with E-state index in [1.165, 1.54) is 0 Å². The van der Waals surface area contributed by atoms with Crippen LogP contribution in [0.15, 0.2) is 47.8 Å². The molecule has 3 rings (SSSR count). The van der Waals surface area contributed by atoms with Gasteiger partial charge in [0, 0.05) is 10.9 Å². The number of aromatic nitrogens is 1. The third-order valence-electron chi connectivity index (χ3n) is 3.46. The van der Waals surface area contributed by atoms with Crippen molar-refractivity contribution in [3.8, 4) is 0 Å². The number of hydrogen-bond donors (Lipinski definition) is 1. The molecule has 0 aliphatic rings. The monoisotopic (exact) mass is 296 g/mol. The van der Waals surface area contributed by atoms with E-state index in [9.17, 15) is 4.79 Å². The van der Waals surface area contributed by atoms with Crippen molar-refractivity contribution in [1.82, 2.24) is 10.3 Å². The Morgan fingerprint density at radius 3 is 2.71 bits per heavy atom. The van der Waals surface area contributed by atoms with E-state index in [-0.39, 0.29) is 11.9 Å². The predicted octanol–water partition coefficient (Wildman–Crippen LogP) is 4.10. The lowest BCUT2D eigenvalue weighted by Gasteiger charge is -2.13. The van der Waals surface area contributed by atoms with Crippen LogP contribution in [0.25, 0.3) is 10.8 Å². The highest BCUT2D eigenvalue weighted by Crippen LogP contribution is 2.20. The lowest BCUT2D eigenvalue weighted by Crippen LogP contribution is -2.27. The van der Waals surface area contributed by atoms with Crippen LogP contribution in [0, 0.1) is 6.92 Å². The number of thiazole rings is 1. The van der Waals surface area contributed by atoms with Crippen molar-refractivity contribution < 1.29 is 4.79 Å². The fourth-order valence-electron chi connectivity index (χ4n) is 2.35. The molecule has 0 bridgehead atoms. The standard InChI is InChI=1S/C17H16N2OS/c1-11(16-10-21-12(2)19-16)18-17(20)15-9-5-7-13-6-3-4-8-14(13)15/h3-11H,1-2H3,(H,18,20). The fourth-order valence-corrected chi connectivity index (χ4v) is 3.06. The van der Waals surface area contributed by atoms with E-state index in [4.69, 9.17) is 0 Å². The first-order chi connectivity index (χ1) is 10.1. The minimum Gasteiger partial charge on any atom is -0.344 e. The number of hydrogen-bond acceptors (Lipinski definition) is 3. The molecule has 106 valence electrons. The van der Waals surface area contributed by atoms with Crippen LogP contribution in [0.5, 0.6) is 0 Å². The van der Waals surface area contributed by atoms with Gasteiger partial charge >= 0.3 is 0 Å². The second-order valence-electron chi connectivity index (χ2n) is 5.01. The third-order valence-corrected chi connectivity index (χ3v) is 4.25. The first-order valence-corrected chi connectivity index (χ1v) is 7.74. The summed E-state index contributed by atoms with van der Waals surface area (Å²) in [6.07, 6.45) is 0. The second kappa shape index (κ2) is 5.66. The van der Waals surface area contributed by atoms with Crippen LogP contribution < -0.4 is 5.32 Å². The summed E-state index contributed by atoms with van der Waals surface area (Å²) in [4.78, 5) is 16.9. The molecule has 0 aliphatic heterocycles. The number of nitrogens with zero attached hydrogens (tertiary/aromatic N) is 1. The Hall–Kier alpha value is -2.20. The minimum atomic E-state index is -0.0959. The Bertz CT molecular complexity index is 789. The van der Waals surface area contributed by atoms with Crippen LogP contribution >= 0.6 is 11.3 Å². The van der Waals surface area contributed by atoms with E-state index in [0.717, 1.165) is 21.5 Å². The summed E-state index contributed by atoms with van der Waals surface area (Å²) in [6, 6.07) is 13.6. The van der Waals surface area contributed by atoms with Gasteiger partial charge in [-0.05, 0) is 30.7 Å². The number of amides is 1. The van der Waals surface area contributed by atoms with Crippen LogP contribution in [0.1, 0.15) is 34.0 Å². The van der Waals surface area contributed by atoms with Gasteiger partial charge in [0.15, 0.2) is 0 Å². The molecule has 1 unspecified atom stereocenters. The Kier molecular flexibility index (Phi) is 3.71. The Labute approximate surface area is 127 Å². The van der Waals surface area contributed by atoms with Crippen LogP contribution in [-0.2, 0) is 0 Å². The highest BCUT2D eigenvalue weighted by molar-refractivity contribution is 7.09. The molecule has 1 aromatic heterocycles. The van der Waals surface area contributed by atoms with Crippen LogP contribution in [0.3, 0.4) is 0 Å². The molecule has 0 saturated carbocycles. The van der Waals surface area contributed by atoms with Gasteiger partial charge in [0.05, 0.1) is 16.7 Å². The quantitative estimate of drug-likeness (QED) is 0.790. The van der Waals surface area contributed by atoms with Crippen molar-refractivity contribution >= 4 is 28.0 Å². The second-order valence-corrected chi connectivity index (χ2v) is 6.08. The minimum absolute atomic E-state index is 0.0649. The molecule has 0 aliphatic carbocycles. The van der Waals surface area contributed by atoms with E-state index in [2.05, 4.69) is 10.3 Å². The van der Waals surface area contributed by atoms with Crippen molar-refractivity contribution in [2.24, 2.45) is 0 Å². The average molecular weight is 296 g/mol. The number of rotatable bonds is 3. The molecular weight excluding hydrogens is 280 g/mol. The zero-order chi connectivity index (χ0) is 14.8. The Balaban J connectivity index is 1.87. The molecular formula is C17H16N2OS. The van der Waals surface area contributed by atoms with Crippen LogP contribution in [0.4, 0.5) is 0 Å². The normalized spacial score (nSPS) is 12.3. The molecule has 0 radical (unpaired) electrons. The highest BCUT2D eigenvalue weighted by Gasteiger charge is 2.15. The van der Waals surface area contributed by atoms with Crippen molar-refractivity contribution in [2.75, 3.05) is 0 Å². The Morgan fingerprint density at radius 1 is 1.19 bits per heavy atom. The molecule has 2 aromatic carbocycles. The molecule has 1 amide bonds.